The number of anilines is 1. The van der Waals surface area contributed by atoms with E-state index in [0.717, 1.165) is 0 Å². The van der Waals surface area contributed by atoms with Crippen molar-refractivity contribution in [3.8, 4) is 0 Å². The van der Waals surface area contributed by atoms with Crippen molar-refractivity contribution >= 4 is 11.9 Å². The van der Waals surface area contributed by atoms with Gasteiger partial charge in [-0.15, -0.1) is 0 Å². The van der Waals surface area contributed by atoms with Crippen molar-refractivity contribution in [1.82, 2.24) is 9.97 Å². The van der Waals surface area contributed by atoms with Gasteiger partial charge in [0.1, 0.15) is 12.2 Å². The minimum absolute atomic E-state index is 0.0163. The summed E-state index contributed by atoms with van der Waals surface area (Å²) in [5.74, 6) is -1.25. The Morgan fingerprint density at radius 3 is 2.27 bits per heavy atom. The van der Waals surface area contributed by atoms with Crippen molar-refractivity contribution in [2.75, 3.05) is 11.9 Å². The maximum atomic E-state index is 11.7. The van der Waals surface area contributed by atoms with Gasteiger partial charge in [0.2, 0.25) is 0 Å². The number of rotatable bonds is 8. The fraction of sp³-hybridized carbons (Fsp3) is 0.722. The summed E-state index contributed by atoms with van der Waals surface area (Å²) in [6.07, 6.45) is 2.15. The van der Waals surface area contributed by atoms with Crippen LogP contribution in [0, 0.1) is 0 Å². The van der Waals surface area contributed by atoms with Gasteiger partial charge in [0.25, 0.3) is 0 Å². The maximum absolute atomic E-state index is 11.7. The van der Waals surface area contributed by atoms with Gasteiger partial charge < -0.3 is 19.3 Å². The van der Waals surface area contributed by atoms with Crippen LogP contribution in [-0.4, -0.2) is 51.4 Å². The highest BCUT2D eigenvalue weighted by atomic mass is 16.7. The summed E-state index contributed by atoms with van der Waals surface area (Å²) >= 11 is 0. The topological polar surface area (TPSA) is 103 Å². The molecule has 1 amide bonds. The number of carbonyl (C=O) groups is 1. The normalized spacial score (nSPS) is 14.4. The molecule has 0 saturated carbocycles. The molecule has 1 heterocycles. The van der Waals surface area contributed by atoms with Gasteiger partial charge in [-0.1, -0.05) is 0 Å². The lowest BCUT2D eigenvalue weighted by Gasteiger charge is -2.30. The molecule has 0 bridgehead atoms. The molecule has 0 spiro atoms. The van der Waals surface area contributed by atoms with Crippen LogP contribution >= 0.6 is 0 Å². The zero-order valence-corrected chi connectivity index (χ0v) is 16.7. The van der Waals surface area contributed by atoms with Crippen LogP contribution < -0.4 is 5.32 Å². The summed E-state index contributed by atoms with van der Waals surface area (Å²) < 4.78 is 16.3. The first-order valence-electron chi connectivity index (χ1n) is 8.71. The molecular weight excluding hydrogens is 338 g/mol. The number of nitrogens with zero attached hydrogens (tertiary/aromatic N) is 2. The quantitative estimate of drug-likeness (QED) is 0.679. The highest BCUT2D eigenvalue weighted by Gasteiger charge is 2.31. The Bertz CT molecular complexity index is 569. The molecule has 0 aliphatic heterocycles. The number of hydrogen-bond acceptors (Lipinski definition) is 7. The van der Waals surface area contributed by atoms with Gasteiger partial charge in [0.15, 0.2) is 11.6 Å². The van der Waals surface area contributed by atoms with Crippen LogP contribution in [0.15, 0.2) is 12.4 Å². The molecule has 8 heteroatoms. The Morgan fingerprint density at radius 1 is 1.15 bits per heavy atom. The molecule has 26 heavy (non-hydrogen) atoms. The third-order valence-corrected chi connectivity index (χ3v) is 2.89. The Labute approximate surface area is 155 Å². The van der Waals surface area contributed by atoms with E-state index in [1.165, 1.54) is 12.4 Å². The molecule has 0 unspecified atom stereocenters. The minimum Gasteiger partial charge on any atom is -0.444 e. The zero-order valence-electron chi connectivity index (χ0n) is 16.7. The fourth-order valence-corrected chi connectivity index (χ4v) is 2.06. The third kappa shape index (κ3) is 9.07. The molecule has 1 rings (SSSR count). The average molecular weight is 369 g/mol. The van der Waals surface area contributed by atoms with E-state index in [0.29, 0.717) is 5.69 Å². The van der Waals surface area contributed by atoms with E-state index in [9.17, 15) is 9.90 Å². The van der Waals surface area contributed by atoms with Crippen molar-refractivity contribution in [1.29, 1.82) is 0 Å². The monoisotopic (exact) mass is 369 g/mol. The summed E-state index contributed by atoms with van der Waals surface area (Å²) in [6.45, 7) is 12.8. The first kappa shape index (κ1) is 22.3. The van der Waals surface area contributed by atoms with Crippen LogP contribution in [0.5, 0.6) is 0 Å². The zero-order chi connectivity index (χ0) is 20.0. The van der Waals surface area contributed by atoms with Gasteiger partial charge in [-0.2, -0.15) is 0 Å². The molecule has 0 aliphatic rings. The molecule has 0 fully saturated rings. The van der Waals surface area contributed by atoms with Gasteiger partial charge in [-0.3, -0.25) is 10.3 Å². The Kier molecular flexibility index (Phi) is 7.92. The van der Waals surface area contributed by atoms with Gasteiger partial charge in [-0.05, 0) is 48.5 Å². The summed E-state index contributed by atoms with van der Waals surface area (Å²) in [7, 11) is 0. The van der Waals surface area contributed by atoms with Crippen LogP contribution in [0.2, 0.25) is 0 Å². The standard InChI is InChI=1S/C18H31N3O5/c1-12(2)24-11-18(23,25-13(3)4)8-14-9-20-15(10-19-14)21-16(22)26-17(5,6)7/h9-10,12-13,23H,8,11H2,1-7H3,(H,20,21,22)/t18-/m1/s1. The minimum atomic E-state index is -1.51. The molecule has 0 aromatic carbocycles. The Balaban J connectivity index is 2.74. The number of ether oxygens (including phenoxy) is 3. The first-order valence-corrected chi connectivity index (χ1v) is 8.71. The molecule has 148 valence electrons. The molecule has 0 radical (unpaired) electrons. The largest absolute Gasteiger partial charge is 0.444 e. The van der Waals surface area contributed by atoms with E-state index in [1.54, 1.807) is 20.8 Å². The van der Waals surface area contributed by atoms with Crippen LogP contribution in [0.1, 0.15) is 54.2 Å². The van der Waals surface area contributed by atoms with Gasteiger partial charge in [0, 0.05) is 6.42 Å². The maximum Gasteiger partial charge on any atom is 0.413 e. The number of carbonyl (C=O) groups excluding carboxylic acids is 1. The van der Waals surface area contributed by atoms with Gasteiger partial charge in [-0.25, -0.2) is 9.78 Å². The van der Waals surface area contributed by atoms with E-state index < -0.39 is 17.5 Å². The van der Waals surface area contributed by atoms with Crippen molar-refractivity contribution in [2.24, 2.45) is 0 Å². The summed E-state index contributed by atoms with van der Waals surface area (Å²) in [4.78, 5) is 20.1. The molecular formula is C18H31N3O5. The number of nitrogens with one attached hydrogen (secondary N) is 1. The van der Waals surface area contributed by atoms with Crippen LogP contribution in [0.25, 0.3) is 0 Å². The lowest BCUT2D eigenvalue weighted by Crippen LogP contribution is -2.43. The smallest absolute Gasteiger partial charge is 0.413 e. The van der Waals surface area contributed by atoms with E-state index in [4.69, 9.17) is 14.2 Å². The third-order valence-electron chi connectivity index (χ3n) is 2.89. The van der Waals surface area contributed by atoms with Crippen LogP contribution in [0.4, 0.5) is 10.6 Å². The van der Waals surface area contributed by atoms with Crippen molar-refractivity contribution in [2.45, 2.75) is 78.5 Å². The molecule has 8 nitrogen and oxygen atoms in total. The SMILES string of the molecule is CC(C)OC[C@@](O)(Cc1cnc(NC(=O)OC(C)(C)C)cn1)OC(C)C. The van der Waals surface area contributed by atoms with Crippen molar-refractivity contribution in [3.63, 3.8) is 0 Å². The molecule has 0 saturated heterocycles. The average Bonchev–Trinajstić information content (AvgIpc) is 2.44. The Morgan fingerprint density at radius 2 is 1.81 bits per heavy atom. The molecule has 1 aromatic heterocycles. The number of amides is 1. The highest BCUT2D eigenvalue weighted by molar-refractivity contribution is 5.83. The van der Waals surface area contributed by atoms with Crippen LogP contribution in [-0.2, 0) is 20.6 Å². The van der Waals surface area contributed by atoms with E-state index in [2.05, 4.69) is 15.3 Å². The van der Waals surface area contributed by atoms with E-state index in [1.807, 2.05) is 27.7 Å². The van der Waals surface area contributed by atoms with E-state index >= 15 is 0 Å². The second-order valence-electron chi connectivity index (χ2n) is 7.67. The summed E-state index contributed by atoms with van der Waals surface area (Å²) in [5.41, 5.74) is -0.0892. The summed E-state index contributed by atoms with van der Waals surface area (Å²) in [5, 5.41) is 13.2. The summed E-state index contributed by atoms with van der Waals surface area (Å²) in [6, 6.07) is 0. The number of hydrogen-bond donors (Lipinski definition) is 2. The van der Waals surface area contributed by atoms with Gasteiger partial charge >= 0.3 is 6.09 Å². The second kappa shape index (κ2) is 9.25. The second-order valence-corrected chi connectivity index (χ2v) is 7.67. The van der Waals surface area contributed by atoms with Gasteiger partial charge in [0.05, 0.1) is 30.3 Å². The highest BCUT2D eigenvalue weighted by Crippen LogP contribution is 2.18. The number of aromatic nitrogens is 2. The number of aliphatic hydroxyl groups is 1. The molecule has 1 aromatic rings. The molecule has 0 aliphatic carbocycles. The predicted octanol–water partition coefficient (Wildman–Crippen LogP) is 2.90. The lowest BCUT2D eigenvalue weighted by molar-refractivity contribution is -0.252. The van der Waals surface area contributed by atoms with Crippen molar-refractivity contribution in [3.05, 3.63) is 18.1 Å². The fourth-order valence-electron chi connectivity index (χ4n) is 2.06. The van der Waals surface area contributed by atoms with Crippen LogP contribution in [0.3, 0.4) is 0 Å². The Hall–Kier alpha value is -1.77. The lowest BCUT2D eigenvalue weighted by atomic mass is 10.1. The van der Waals surface area contributed by atoms with E-state index in [-0.39, 0.29) is 31.1 Å². The first-order chi connectivity index (χ1) is 11.9. The predicted molar refractivity (Wildman–Crippen MR) is 97.9 cm³/mol. The molecule has 1 atom stereocenters. The van der Waals surface area contributed by atoms with Crippen molar-refractivity contribution < 1.29 is 24.1 Å². The molecule has 2 N–H and O–H groups in total.